The van der Waals surface area contributed by atoms with E-state index in [-0.39, 0.29) is 0 Å². The molecule has 1 atom stereocenters. The van der Waals surface area contributed by atoms with Gasteiger partial charge in [-0.05, 0) is 63.7 Å². The molecule has 0 saturated carbocycles. The summed E-state index contributed by atoms with van der Waals surface area (Å²) < 4.78 is 5.73. The van der Waals surface area contributed by atoms with Crippen LogP contribution in [0.4, 0.5) is 5.69 Å². The fraction of sp³-hybridized carbons (Fsp3) is 0.647. The quantitative estimate of drug-likeness (QED) is 0.590. The van der Waals surface area contributed by atoms with Gasteiger partial charge in [0.1, 0.15) is 5.75 Å². The lowest BCUT2D eigenvalue weighted by Gasteiger charge is -2.27. The summed E-state index contributed by atoms with van der Waals surface area (Å²) in [7, 11) is 2.22. The second kappa shape index (κ2) is 8.25. The van der Waals surface area contributed by atoms with Gasteiger partial charge < -0.3 is 15.4 Å². The van der Waals surface area contributed by atoms with Gasteiger partial charge in [0.2, 0.25) is 0 Å². The molecule has 0 aliphatic carbocycles. The highest BCUT2D eigenvalue weighted by atomic mass is 16.5. The second-order valence-electron chi connectivity index (χ2n) is 5.96. The van der Waals surface area contributed by atoms with Crippen LogP contribution in [0.25, 0.3) is 0 Å². The van der Waals surface area contributed by atoms with E-state index in [0.717, 1.165) is 37.1 Å². The summed E-state index contributed by atoms with van der Waals surface area (Å²) in [6, 6.07) is 8.35. The SMILES string of the molecule is CCN1CCCC1CN(C)CCCOc1ccc(N)cc1. The first kappa shape index (κ1) is 16.1. The summed E-state index contributed by atoms with van der Waals surface area (Å²) in [4.78, 5) is 5.03. The van der Waals surface area contributed by atoms with Gasteiger partial charge in [-0.25, -0.2) is 0 Å². The van der Waals surface area contributed by atoms with Crippen LogP contribution in [-0.2, 0) is 0 Å². The van der Waals surface area contributed by atoms with Crippen molar-refractivity contribution in [3.63, 3.8) is 0 Å². The van der Waals surface area contributed by atoms with Crippen molar-refractivity contribution in [2.75, 3.05) is 45.6 Å². The summed E-state index contributed by atoms with van der Waals surface area (Å²) in [5.74, 6) is 0.903. The zero-order chi connectivity index (χ0) is 15.1. The van der Waals surface area contributed by atoms with Crippen LogP contribution in [-0.4, -0.2) is 55.7 Å². The zero-order valence-corrected chi connectivity index (χ0v) is 13.4. The van der Waals surface area contributed by atoms with Crippen molar-refractivity contribution in [2.45, 2.75) is 32.2 Å². The predicted molar refractivity (Wildman–Crippen MR) is 88.7 cm³/mol. The Hall–Kier alpha value is -1.26. The lowest BCUT2D eigenvalue weighted by Crippen LogP contribution is -2.39. The number of nitrogens with zero attached hydrogens (tertiary/aromatic N) is 2. The van der Waals surface area contributed by atoms with Gasteiger partial charge in [0.05, 0.1) is 6.61 Å². The minimum absolute atomic E-state index is 0.748. The number of likely N-dealkylation sites (N-methyl/N-ethyl adjacent to an activating group) is 2. The van der Waals surface area contributed by atoms with Gasteiger partial charge in [-0.3, -0.25) is 4.90 Å². The third kappa shape index (κ3) is 5.21. The maximum atomic E-state index is 5.73. The maximum Gasteiger partial charge on any atom is 0.119 e. The monoisotopic (exact) mass is 291 g/mol. The van der Waals surface area contributed by atoms with E-state index in [4.69, 9.17) is 10.5 Å². The van der Waals surface area contributed by atoms with E-state index in [9.17, 15) is 0 Å². The minimum atomic E-state index is 0.748. The molecule has 21 heavy (non-hydrogen) atoms. The van der Waals surface area contributed by atoms with Gasteiger partial charge in [-0.15, -0.1) is 0 Å². The van der Waals surface area contributed by atoms with E-state index in [2.05, 4.69) is 23.8 Å². The van der Waals surface area contributed by atoms with Crippen LogP contribution >= 0.6 is 0 Å². The highest BCUT2D eigenvalue weighted by Gasteiger charge is 2.23. The number of benzene rings is 1. The average molecular weight is 291 g/mol. The summed E-state index contributed by atoms with van der Waals surface area (Å²) in [5.41, 5.74) is 6.43. The Kier molecular flexibility index (Phi) is 6.33. The van der Waals surface area contributed by atoms with Crippen molar-refractivity contribution in [3.8, 4) is 5.75 Å². The number of likely N-dealkylation sites (tertiary alicyclic amines) is 1. The molecule has 4 nitrogen and oxygen atoms in total. The molecule has 1 unspecified atom stereocenters. The van der Waals surface area contributed by atoms with Crippen LogP contribution in [0.1, 0.15) is 26.2 Å². The van der Waals surface area contributed by atoms with E-state index in [1.165, 1.54) is 32.5 Å². The molecule has 4 heteroatoms. The molecule has 1 aliphatic heterocycles. The molecule has 1 aromatic rings. The fourth-order valence-electron chi connectivity index (χ4n) is 3.06. The predicted octanol–water partition coefficient (Wildman–Crippen LogP) is 2.45. The van der Waals surface area contributed by atoms with Crippen LogP contribution in [0.2, 0.25) is 0 Å². The number of anilines is 1. The first-order valence-electron chi connectivity index (χ1n) is 8.10. The van der Waals surface area contributed by atoms with Crippen molar-refractivity contribution < 1.29 is 4.74 Å². The first-order chi connectivity index (χ1) is 10.2. The van der Waals surface area contributed by atoms with Gasteiger partial charge in [-0.2, -0.15) is 0 Å². The van der Waals surface area contributed by atoms with Gasteiger partial charge in [0.15, 0.2) is 0 Å². The summed E-state index contributed by atoms with van der Waals surface area (Å²) in [5, 5.41) is 0. The molecule has 1 saturated heterocycles. The van der Waals surface area contributed by atoms with Crippen molar-refractivity contribution in [1.29, 1.82) is 0 Å². The maximum absolute atomic E-state index is 5.73. The minimum Gasteiger partial charge on any atom is -0.494 e. The van der Waals surface area contributed by atoms with Crippen molar-refractivity contribution in [3.05, 3.63) is 24.3 Å². The molecule has 118 valence electrons. The number of hydrogen-bond donors (Lipinski definition) is 1. The topological polar surface area (TPSA) is 41.7 Å². The Bertz CT molecular complexity index is 407. The normalized spacial score (nSPS) is 19.3. The molecule has 0 aromatic heterocycles. The summed E-state index contributed by atoms with van der Waals surface area (Å²) in [6.07, 6.45) is 3.76. The Balaban J connectivity index is 1.60. The molecule has 2 N–H and O–H groups in total. The Morgan fingerprint density at radius 3 is 2.81 bits per heavy atom. The number of rotatable bonds is 8. The van der Waals surface area contributed by atoms with E-state index < -0.39 is 0 Å². The van der Waals surface area contributed by atoms with Crippen LogP contribution in [0.15, 0.2) is 24.3 Å². The fourth-order valence-corrected chi connectivity index (χ4v) is 3.06. The Morgan fingerprint density at radius 2 is 2.10 bits per heavy atom. The molecule has 0 amide bonds. The number of nitrogen functional groups attached to an aromatic ring is 1. The Morgan fingerprint density at radius 1 is 1.33 bits per heavy atom. The van der Waals surface area contributed by atoms with Crippen LogP contribution in [0.3, 0.4) is 0 Å². The van der Waals surface area contributed by atoms with E-state index in [0.29, 0.717) is 0 Å². The largest absolute Gasteiger partial charge is 0.494 e. The van der Waals surface area contributed by atoms with E-state index in [1.807, 2.05) is 24.3 Å². The molecular formula is C17H29N3O. The highest BCUT2D eigenvalue weighted by molar-refractivity contribution is 5.41. The smallest absolute Gasteiger partial charge is 0.119 e. The van der Waals surface area contributed by atoms with Crippen LogP contribution < -0.4 is 10.5 Å². The average Bonchev–Trinajstić information content (AvgIpc) is 2.92. The summed E-state index contributed by atoms with van der Waals surface area (Å²) >= 11 is 0. The van der Waals surface area contributed by atoms with Crippen molar-refractivity contribution in [1.82, 2.24) is 9.80 Å². The summed E-state index contributed by atoms with van der Waals surface area (Å²) in [6.45, 7) is 7.74. The van der Waals surface area contributed by atoms with Crippen molar-refractivity contribution >= 4 is 5.69 Å². The number of hydrogen-bond acceptors (Lipinski definition) is 4. The molecule has 0 bridgehead atoms. The third-order valence-electron chi connectivity index (χ3n) is 4.26. The first-order valence-corrected chi connectivity index (χ1v) is 8.10. The molecule has 1 aliphatic rings. The molecule has 0 spiro atoms. The Labute approximate surface area is 128 Å². The number of nitrogens with two attached hydrogens (primary N) is 1. The van der Waals surface area contributed by atoms with Crippen molar-refractivity contribution in [2.24, 2.45) is 0 Å². The lowest BCUT2D eigenvalue weighted by atomic mass is 10.2. The van der Waals surface area contributed by atoms with Crippen LogP contribution in [0.5, 0.6) is 5.75 Å². The zero-order valence-electron chi connectivity index (χ0n) is 13.4. The molecule has 2 rings (SSSR count). The molecule has 0 radical (unpaired) electrons. The molecule has 1 fully saturated rings. The molecule has 1 aromatic carbocycles. The lowest BCUT2D eigenvalue weighted by molar-refractivity contribution is 0.189. The van der Waals surface area contributed by atoms with Gasteiger partial charge in [-0.1, -0.05) is 6.92 Å². The van der Waals surface area contributed by atoms with E-state index in [1.54, 1.807) is 0 Å². The van der Waals surface area contributed by atoms with Gasteiger partial charge in [0.25, 0.3) is 0 Å². The third-order valence-corrected chi connectivity index (χ3v) is 4.26. The molecule has 1 heterocycles. The van der Waals surface area contributed by atoms with Gasteiger partial charge in [0, 0.05) is 24.8 Å². The number of ether oxygens (including phenoxy) is 1. The van der Waals surface area contributed by atoms with E-state index >= 15 is 0 Å². The standard InChI is InChI=1S/C17H29N3O/c1-3-20-12-4-6-16(20)14-19(2)11-5-13-21-17-9-7-15(18)8-10-17/h7-10,16H,3-6,11-14,18H2,1-2H3. The highest BCUT2D eigenvalue weighted by Crippen LogP contribution is 2.17. The van der Waals surface area contributed by atoms with Gasteiger partial charge >= 0.3 is 0 Å². The van der Waals surface area contributed by atoms with Crippen LogP contribution in [0, 0.1) is 0 Å². The second-order valence-corrected chi connectivity index (χ2v) is 5.96. The molecular weight excluding hydrogens is 262 g/mol.